The van der Waals surface area contributed by atoms with Gasteiger partial charge < -0.3 is 9.47 Å². The molecule has 0 radical (unpaired) electrons. The molecule has 0 unspecified atom stereocenters. The molecule has 94 valence electrons. The van der Waals surface area contributed by atoms with Crippen LogP contribution in [0.3, 0.4) is 0 Å². The lowest BCUT2D eigenvalue weighted by molar-refractivity contribution is -0.150. The second-order valence-electron chi connectivity index (χ2n) is 4.85. The summed E-state index contributed by atoms with van der Waals surface area (Å²) in [5.74, 6) is 0.114. The fraction of sp³-hybridized carbons (Fsp3) is 0.400. The first kappa shape index (κ1) is 11.5. The number of esters is 1. The monoisotopic (exact) mass is 244 g/mol. The van der Waals surface area contributed by atoms with Crippen LogP contribution in [0, 0.1) is 0 Å². The summed E-state index contributed by atoms with van der Waals surface area (Å²) >= 11 is 0. The number of fused-ring (bicyclic) bond motifs is 2. The van der Waals surface area contributed by atoms with Crippen molar-refractivity contribution < 1.29 is 14.3 Å². The van der Waals surface area contributed by atoms with E-state index in [1.807, 2.05) is 30.4 Å². The number of carbonyl (C=O) groups excluding carboxylic acids is 1. The Morgan fingerprint density at radius 1 is 1.28 bits per heavy atom. The van der Waals surface area contributed by atoms with Crippen LogP contribution < -0.4 is 0 Å². The molecule has 18 heavy (non-hydrogen) atoms. The van der Waals surface area contributed by atoms with E-state index in [1.54, 1.807) is 0 Å². The molecule has 2 aliphatic rings. The Morgan fingerprint density at radius 3 is 2.78 bits per heavy atom. The second kappa shape index (κ2) is 4.58. The Bertz CT molecular complexity index is 466. The van der Waals surface area contributed by atoms with Crippen molar-refractivity contribution in [1.82, 2.24) is 0 Å². The van der Waals surface area contributed by atoms with E-state index in [9.17, 15) is 4.79 Å². The second-order valence-corrected chi connectivity index (χ2v) is 4.85. The average Bonchev–Trinajstić information content (AvgIpc) is 2.72. The molecule has 2 heterocycles. The van der Waals surface area contributed by atoms with Gasteiger partial charge in [-0.3, -0.25) is 4.79 Å². The summed E-state index contributed by atoms with van der Waals surface area (Å²) in [4.78, 5) is 11.0. The highest BCUT2D eigenvalue weighted by molar-refractivity contribution is 5.66. The Labute approximate surface area is 106 Å². The molecule has 3 rings (SSSR count). The third kappa shape index (κ3) is 2.06. The minimum atomic E-state index is -0.255. The molecule has 3 nitrogen and oxygen atoms in total. The number of hydrogen-bond acceptors (Lipinski definition) is 3. The zero-order valence-electron chi connectivity index (χ0n) is 10.3. The molecule has 0 aromatic heterocycles. The smallest absolute Gasteiger partial charge is 0.303 e. The van der Waals surface area contributed by atoms with Crippen molar-refractivity contribution in [1.29, 1.82) is 0 Å². The fourth-order valence-corrected chi connectivity index (χ4v) is 2.80. The zero-order chi connectivity index (χ0) is 12.5. The minimum Gasteiger partial charge on any atom is -0.456 e. The van der Waals surface area contributed by atoms with E-state index in [0.717, 1.165) is 6.42 Å². The highest BCUT2D eigenvalue weighted by Gasteiger charge is 2.42. The first-order chi connectivity index (χ1) is 8.74. The normalized spacial score (nSPS) is 33.4. The van der Waals surface area contributed by atoms with Crippen LogP contribution in [0.5, 0.6) is 0 Å². The van der Waals surface area contributed by atoms with E-state index in [-0.39, 0.29) is 24.3 Å². The SMILES string of the molecule is CC(=O)O[C@H]1C=C[C@@H]2O[C@H]1C[C@@H]2c1ccccc1. The van der Waals surface area contributed by atoms with E-state index >= 15 is 0 Å². The summed E-state index contributed by atoms with van der Waals surface area (Å²) in [6, 6.07) is 10.4. The van der Waals surface area contributed by atoms with Crippen molar-refractivity contribution in [2.24, 2.45) is 0 Å². The maximum absolute atomic E-state index is 11.0. The Balaban J connectivity index is 1.78. The molecular weight excluding hydrogens is 228 g/mol. The molecule has 1 fully saturated rings. The van der Waals surface area contributed by atoms with Crippen molar-refractivity contribution in [3.05, 3.63) is 48.0 Å². The Hall–Kier alpha value is -1.61. The Morgan fingerprint density at radius 2 is 2.06 bits per heavy atom. The van der Waals surface area contributed by atoms with E-state index in [2.05, 4.69) is 12.1 Å². The third-order valence-electron chi connectivity index (χ3n) is 3.60. The van der Waals surface area contributed by atoms with Gasteiger partial charge in [-0.25, -0.2) is 0 Å². The van der Waals surface area contributed by atoms with Crippen LogP contribution in [0.25, 0.3) is 0 Å². The van der Waals surface area contributed by atoms with Gasteiger partial charge >= 0.3 is 5.97 Å². The molecule has 4 atom stereocenters. The largest absolute Gasteiger partial charge is 0.456 e. The van der Waals surface area contributed by atoms with Gasteiger partial charge in [-0.05, 0) is 18.1 Å². The van der Waals surface area contributed by atoms with Crippen molar-refractivity contribution in [2.45, 2.75) is 37.6 Å². The number of hydrogen-bond donors (Lipinski definition) is 0. The quantitative estimate of drug-likeness (QED) is 0.592. The highest BCUT2D eigenvalue weighted by atomic mass is 16.6. The van der Waals surface area contributed by atoms with E-state index < -0.39 is 0 Å². The summed E-state index contributed by atoms with van der Waals surface area (Å²) in [5.41, 5.74) is 1.29. The first-order valence-electron chi connectivity index (χ1n) is 6.30. The molecule has 1 aromatic carbocycles. The lowest BCUT2D eigenvalue weighted by Gasteiger charge is -2.24. The van der Waals surface area contributed by atoms with Crippen LogP contribution in [0.15, 0.2) is 42.5 Å². The van der Waals surface area contributed by atoms with Crippen molar-refractivity contribution in [3.8, 4) is 0 Å². The lowest BCUT2D eigenvalue weighted by atomic mass is 9.92. The Kier molecular flexibility index (Phi) is 2.92. The number of rotatable bonds is 2. The predicted octanol–water partition coefficient (Wildman–Crippen LogP) is 2.43. The summed E-state index contributed by atoms with van der Waals surface area (Å²) < 4.78 is 11.2. The minimum absolute atomic E-state index is 0.00546. The fourth-order valence-electron chi connectivity index (χ4n) is 2.80. The van der Waals surface area contributed by atoms with Gasteiger partial charge in [0.05, 0.1) is 12.2 Å². The van der Waals surface area contributed by atoms with E-state index in [4.69, 9.17) is 9.47 Å². The molecule has 0 spiro atoms. The lowest BCUT2D eigenvalue weighted by Crippen LogP contribution is -2.31. The van der Waals surface area contributed by atoms with Gasteiger partial charge in [-0.1, -0.05) is 36.4 Å². The third-order valence-corrected chi connectivity index (χ3v) is 3.60. The van der Waals surface area contributed by atoms with E-state index in [1.165, 1.54) is 12.5 Å². The maximum Gasteiger partial charge on any atom is 0.303 e. The number of ether oxygens (including phenoxy) is 2. The molecule has 0 amide bonds. The molecular formula is C15H16O3. The average molecular weight is 244 g/mol. The summed E-state index contributed by atoms with van der Waals surface area (Å²) in [6.07, 6.45) is 4.77. The molecule has 1 saturated heterocycles. The van der Waals surface area contributed by atoms with Crippen LogP contribution in [0.2, 0.25) is 0 Å². The standard InChI is InChI=1S/C15H16O3/c1-10(16)17-14-8-7-13-12(9-15(14)18-13)11-5-3-2-4-6-11/h2-8,12-15H,9H2,1H3/t12-,13+,14+,15+/m1/s1. The number of carbonyl (C=O) groups is 1. The van der Waals surface area contributed by atoms with Crippen molar-refractivity contribution in [3.63, 3.8) is 0 Å². The van der Waals surface area contributed by atoms with Gasteiger partial charge in [-0.15, -0.1) is 0 Å². The van der Waals surface area contributed by atoms with E-state index in [0.29, 0.717) is 5.92 Å². The van der Waals surface area contributed by atoms with Gasteiger partial charge in [0.2, 0.25) is 0 Å². The highest BCUT2D eigenvalue weighted by Crippen LogP contribution is 2.40. The molecule has 2 bridgehead atoms. The topological polar surface area (TPSA) is 35.5 Å². The molecule has 0 N–H and O–H groups in total. The van der Waals surface area contributed by atoms with Gasteiger partial charge in [-0.2, -0.15) is 0 Å². The number of benzene rings is 1. The van der Waals surface area contributed by atoms with Crippen LogP contribution >= 0.6 is 0 Å². The molecule has 2 aliphatic heterocycles. The molecule has 1 aromatic rings. The van der Waals surface area contributed by atoms with Crippen molar-refractivity contribution in [2.75, 3.05) is 0 Å². The summed E-state index contributed by atoms with van der Waals surface area (Å²) in [6.45, 7) is 1.43. The summed E-state index contributed by atoms with van der Waals surface area (Å²) in [5, 5.41) is 0. The molecule has 3 heteroatoms. The van der Waals surface area contributed by atoms with Crippen LogP contribution in [0.4, 0.5) is 0 Å². The predicted molar refractivity (Wildman–Crippen MR) is 67.2 cm³/mol. The molecule has 0 aliphatic carbocycles. The van der Waals surface area contributed by atoms with Crippen LogP contribution in [-0.2, 0) is 14.3 Å². The van der Waals surface area contributed by atoms with Crippen LogP contribution in [-0.4, -0.2) is 24.3 Å². The van der Waals surface area contributed by atoms with Gasteiger partial charge in [0, 0.05) is 12.8 Å². The zero-order valence-corrected chi connectivity index (χ0v) is 10.3. The first-order valence-corrected chi connectivity index (χ1v) is 6.30. The van der Waals surface area contributed by atoms with Crippen molar-refractivity contribution >= 4 is 5.97 Å². The van der Waals surface area contributed by atoms with Gasteiger partial charge in [0.25, 0.3) is 0 Å². The summed E-state index contributed by atoms with van der Waals surface area (Å²) in [7, 11) is 0. The maximum atomic E-state index is 11.0. The van der Waals surface area contributed by atoms with Crippen LogP contribution in [0.1, 0.15) is 24.8 Å². The van der Waals surface area contributed by atoms with Gasteiger partial charge in [0.1, 0.15) is 6.10 Å². The van der Waals surface area contributed by atoms with Gasteiger partial charge in [0.15, 0.2) is 0 Å². The molecule has 0 saturated carbocycles.